The average Bonchev–Trinajstić information content (AvgIpc) is 2.75. The zero-order valence-electron chi connectivity index (χ0n) is 14.3. The Balaban J connectivity index is 1.80. The van der Waals surface area contributed by atoms with E-state index in [-0.39, 0.29) is 11.6 Å². The first-order valence-electron chi connectivity index (χ1n) is 7.89. The minimum atomic E-state index is -0.0770. The maximum Gasteiger partial charge on any atom is 0.317 e. The fourth-order valence-electron chi connectivity index (χ4n) is 2.93. The lowest BCUT2D eigenvalue weighted by molar-refractivity contribution is -0.0715. The van der Waals surface area contributed by atoms with Gasteiger partial charge in [0.15, 0.2) is 0 Å². The van der Waals surface area contributed by atoms with Gasteiger partial charge in [-0.15, -0.1) is 0 Å². The number of carbonyl (C=O) groups excluding carboxylic acids is 1. The van der Waals surface area contributed by atoms with Gasteiger partial charge in [-0.05, 0) is 39.5 Å². The van der Waals surface area contributed by atoms with Gasteiger partial charge in [0.05, 0.1) is 18.3 Å². The number of nitrogens with zero attached hydrogens (tertiary/aromatic N) is 3. The molecule has 0 spiro atoms. The highest BCUT2D eigenvalue weighted by molar-refractivity contribution is 5.73. The molecule has 1 aromatic heterocycles. The van der Waals surface area contributed by atoms with E-state index < -0.39 is 0 Å². The zero-order chi connectivity index (χ0) is 16.3. The number of hydrogen-bond donors (Lipinski definition) is 1. The molecule has 1 saturated heterocycles. The summed E-state index contributed by atoms with van der Waals surface area (Å²) in [6, 6.07) is -0.0347. The molecule has 2 rings (SSSR count). The van der Waals surface area contributed by atoms with Gasteiger partial charge in [0.2, 0.25) is 0 Å². The molecule has 6 nitrogen and oxygen atoms in total. The topological polar surface area (TPSA) is 59.4 Å². The van der Waals surface area contributed by atoms with Crippen molar-refractivity contribution in [1.29, 1.82) is 0 Å². The molecule has 0 bridgehead atoms. The molecule has 1 N–H and O–H groups in total. The fourth-order valence-corrected chi connectivity index (χ4v) is 2.93. The third-order valence-electron chi connectivity index (χ3n) is 4.43. The lowest BCUT2D eigenvalue weighted by Gasteiger charge is -2.35. The van der Waals surface area contributed by atoms with E-state index in [0.717, 1.165) is 30.7 Å². The molecule has 2 amide bonds. The molecular formula is C16H28N4O2. The van der Waals surface area contributed by atoms with E-state index >= 15 is 0 Å². The van der Waals surface area contributed by atoms with E-state index in [1.54, 1.807) is 4.90 Å². The zero-order valence-corrected chi connectivity index (χ0v) is 14.3. The predicted molar refractivity (Wildman–Crippen MR) is 85.6 cm³/mol. The molecule has 124 valence electrons. The van der Waals surface area contributed by atoms with Gasteiger partial charge in [0.1, 0.15) is 0 Å². The first kappa shape index (κ1) is 16.8. The van der Waals surface area contributed by atoms with Crippen LogP contribution in [0.15, 0.2) is 6.20 Å². The molecule has 22 heavy (non-hydrogen) atoms. The summed E-state index contributed by atoms with van der Waals surface area (Å²) in [6.45, 7) is 8.29. The number of nitrogens with one attached hydrogen (secondary N) is 1. The smallest absolute Gasteiger partial charge is 0.317 e. The van der Waals surface area contributed by atoms with Gasteiger partial charge in [0, 0.05) is 38.5 Å². The number of amides is 2. The van der Waals surface area contributed by atoms with Crippen LogP contribution in [-0.4, -0.2) is 46.5 Å². The Morgan fingerprint density at radius 1 is 1.59 bits per heavy atom. The Morgan fingerprint density at radius 3 is 2.91 bits per heavy atom. The van der Waals surface area contributed by atoms with Crippen LogP contribution in [0.4, 0.5) is 4.79 Å². The van der Waals surface area contributed by atoms with Gasteiger partial charge in [-0.2, -0.15) is 5.10 Å². The summed E-state index contributed by atoms with van der Waals surface area (Å²) in [7, 11) is 3.72. The minimum absolute atomic E-state index is 0.0347. The van der Waals surface area contributed by atoms with Crippen LogP contribution in [0.1, 0.15) is 37.9 Å². The highest BCUT2D eigenvalue weighted by Gasteiger charge is 2.29. The molecule has 2 heterocycles. The van der Waals surface area contributed by atoms with Gasteiger partial charge in [-0.1, -0.05) is 0 Å². The van der Waals surface area contributed by atoms with Crippen molar-refractivity contribution in [3.63, 3.8) is 0 Å². The predicted octanol–water partition coefficient (Wildman–Crippen LogP) is 2.08. The summed E-state index contributed by atoms with van der Waals surface area (Å²) in [5.41, 5.74) is 2.09. The molecule has 0 aromatic carbocycles. The van der Waals surface area contributed by atoms with E-state index in [1.165, 1.54) is 0 Å². The van der Waals surface area contributed by atoms with Crippen molar-refractivity contribution in [2.24, 2.45) is 13.0 Å². The molecule has 1 atom stereocenters. The molecule has 0 radical (unpaired) electrons. The number of carbonyl (C=O) groups is 1. The van der Waals surface area contributed by atoms with Crippen molar-refractivity contribution in [3.05, 3.63) is 17.5 Å². The van der Waals surface area contributed by atoms with Crippen LogP contribution in [0.5, 0.6) is 0 Å². The second kappa shape index (κ2) is 6.69. The third kappa shape index (κ3) is 4.22. The van der Waals surface area contributed by atoms with E-state index in [1.807, 2.05) is 31.9 Å². The van der Waals surface area contributed by atoms with Crippen molar-refractivity contribution in [2.45, 2.75) is 45.8 Å². The van der Waals surface area contributed by atoms with Crippen LogP contribution in [0.2, 0.25) is 0 Å². The van der Waals surface area contributed by atoms with Crippen molar-refractivity contribution >= 4 is 6.03 Å². The van der Waals surface area contributed by atoms with Crippen LogP contribution >= 0.6 is 0 Å². The second-order valence-corrected chi connectivity index (χ2v) is 6.89. The van der Waals surface area contributed by atoms with Crippen molar-refractivity contribution in [3.8, 4) is 0 Å². The second-order valence-electron chi connectivity index (χ2n) is 6.89. The van der Waals surface area contributed by atoms with Gasteiger partial charge in [0.25, 0.3) is 0 Å². The van der Waals surface area contributed by atoms with Gasteiger partial charge in [-0.25, -0.2) is 4.79 Å². The molecule has 1 aromatic rings. The van der Waals surface area contributed by atoms with E-state index in [9.17, 15) is 4.79 Å². The first-order valence-corrected chi connectivity index (χ1v) is 7.89. The summed E-state index contributed by atoms with van der Waals surface area (Å²) in [5, 5.41) is 7.25. The number of aryl methyl sites for hydroxylation is 1. The Hall–Kier alpha value is -1.56. The number of rotatable bonds is 4. The fraction of sp³-hybridized carbons (Fsp3) is 0.750. The van der Waals surface area contributed by atoms with Crippen LogP contribution in [0.25, 0.3) is 0 Å². The van der Waals surface area contributed by atoms with Gasteiger partial charge < -0.3 is 15.0 Å². The molecule has 0 unspecified atom stereocenters. The highest BCUT2D eigenvalue weighted by atomic mass is 16.5. The first-order chi connectivity index (χ1) is 10.3. The number of hydrogen-bond acceptors (Lipinski definition) is 3. The highest BCUT2D eigenvalue weighted by Crippen LogP contribution is 2.27. The number of aromatic nitrogens is 2. The van der Waals surface area contributed by atoms with E-state index in [4.69, 9.17) is 4.74 Å². The largest absolute Gasteiger partial charge is 0.376 e. The van der Waals surface area contributed by atoms with Crippen LogP contribution < -0.4 is 5.32 Å². The van der Waals surface area contributed by atoms with Crippen LogP contribution in [0.3, 0.4) is 0 Å². The summed E-state index contributed by atoms with van der Waals surface area (Å²) in [5.74, 6) is 0.487. The summed E-state index contributed by atoms with van der Waals surface area (Å²) >= 11 is 0. The van der Waals surface area contributed by atoms with Crippen molar-refractivity contribution in [2.75, 3.05) is 20.2 Å². The van der Waals surface area contributed by atoms with Crippen LogP contribution in [0, 0.1) is 12.8 Å². The quantitative estimate of drug-likeness (QED) is 0.926. The molecule has 6 heteroatoms. The van der Waals surface area contributed by atoms with Crippen LogP contribution in [-0.2, 0) is 18.3 Å². The van der Waals surface area contributed by atoms with Crippen molar-refractivity contribution < 1.29 is 9.53 Å². The summed E-state index contributed by atoms with van der Waals surface area (Å²) < 4.78 is 7.54. The SMILES string of the molecule is Cc1c(CN(C)C(=O)NC[C@H]2CCOC(C)(C)C2)cnn1C. The normalized spacial score (nSPS) is 20.7. The maximum absolute atomic E-state index is 12.2. The average molecular weight is 308 g/mol. The summed E-state index contributed by atoms with van der Waals surface area (Å²) in [4.78, 5) is 13.9. The number of ether oxygens (including phenoxy) is 1. The monoisotopic (exact) mass is 308 g/mol. The molecule has 0 saturated carbocycles. The summed E-state index contributed by atoms with van der Waals surface area (Å²) in [6.07, 6.45) is 3.81. The maximum atomic E-state index is 12.2. The minimum Gasteiger partial charge on any atom is -0.376 e. The van der Waals surface area contributed by atoms with E-state index in [0.29, 0.717) is 19.0 Å². The molecule has 1 fully saturated rings. The Kier molecular flexibility index (Phi) is 5.11. The van der Waals surface area contributed by atoms with Crippen molar-refractivity contribution in [1.82, 2.24) is 20.0 Å². The number of urea groups is 1. The van der Waals surface area contributed by atoms with Gasteiger partial charge >= 0.3 is 6.03 Å². The Labute approximate surface area is 132 Å². The Bertz CT molecular complexity index is 524. The Morgan fingerprint density at radius 2 is 2.32 bits per heavy atom. The lowest BCUT2D eigenvalue weighted by Crippen LogP contribution is -2.43. The third-order valence-corrected chi connectivity index (χ3v) is 4.43. The molecule has 0 aliphatic carbocycles. The standard InChI is InChI=1S/C16H28N4O2/c1-12-14(10-18-20(12)5)11-19(4)15(21)17-9-13-6-7-22-16(2,3)8-13/h10,13H,6-9,11H2,1-5H3,(H,17,21)/t13-/m0/s1. The molecular weight excluding hydrogens is 280 g/mol. The lowest BCUT2D eigenvalue weighted by atomic mass is 9.88. The van der Waals surface area contributed by atoms with E-state index in [2.05, 4.69) is 24.3 Å². The molecule has 1 aliphatic heterocycles. The van der Waals surface area contributed by atoms with Gasteiger partial charge in [-0.3, -0.25) is 4.68 Å². The molecule has 1 aliphatic rings.